The maximum Gasteiger partial charge on any atom is 0.100 e. The van der Waals surface area contributed by atoms with Gasteiger partial charge < -0.3 is 15.3 Å². The number of allylic oxidation sites excluding steroid dienone is 4. The first-order valence-corrected chi connectivity index (χ1v) is 8.02. The molecule has 4 nitrogen and oxygen atoms in total. The van der Waals surface area contributed by atoms with Gasteiger partial charge >= 0.3 is 0 Å². The van der Waals surface area contributed by atoms with E-state index in [1.165, 1.54) is 30.6 Å². The van der Waals surface area contributed by atoms with E-state index in [4.69, 9.17) is 9.94 Å². The number of nitrogens with one attached hydrogen (secondary N) is 2. The molecule has 0 aromatic heterocycles. The van der Waals surface area contributed by atoms with Crippen molar-refractivity contribution in [3.8, 4) is 0 Å². The van der Waals surface area contributed by atoms with E-state index < -0.39 is 0 Å². The summed E-state index contributed by atoms with van der Waals surface area (Å²) in [5, 5.41) is 12.2. The summed E-state index contributed by atoms with van der Waals surface area (Å²) in [4.78, 5) is 0. The third-order valence-corrected chi connectivity index (χ3v) is 4.15. The maximum atomic E-state index is 8.74. The van der Waals surface area contributed by atoms with Crippen molar-refractivity contribution in [2.45, 2.75) is 44.9 Å². The average Bonchev–Trinajstić information content (AvgIpc) is 2.52. The molecule has 114 valence electrons. The summed E-state index contributed by atoms with van der Waals surface area (Å²) >= 11 is 0. The van der Waals surface area contributed by atoms with E-state index in [2.05, 4.69) is 22.9 Å². The van der Waals surface area contributed by atoms with Crippen molar-refractivity contribution < 1.29 is 9.94 Å². The predicted molar refractivity (Wildman–Crippen MR) is 80.6 cm³/mol. The Morgan fingerprint density at radius 1 is 1.35 bits per heavy atom. The quantitative estimate of drug-likeness (QED) is 0.547. The molecule has 1 aliphatic carbocycles. The fraction of sp³-hybridized carbons (Fsp3) is 0.750. The summed E-state index contributed by atoms with van der Waals surface area (Å²) < 4.78 is 6.02. The maximum absolute atomic E-state index is 8.74. The van der Waals surface area contributed by atoms with Gasteiger partial charge in [-0.15, -0.1) is 0 Å². The summed E-state index contributed by atoms with van der Waals surface area (Å²) in [5.41, 5.74) is 3.68. The van der Waals surface area contributed by atoms with E-state index in [1.807, 2.05) is 0 Å². The molecule has 2 aliphatic rings. The Morgan fingerprint density at radius 2 is 2.30 bits per heavy atom. The van der Waals surface area contributed by atoms with Crippen molar-refractivity contribution in [3.05, 3.63) is 23.5 Å². The van der Waals surface area contributed by atoms with Crippen LogP contribution in [0, 0.1) is 5.92 Å². The molecule has 1 heterocycles. The zero-order valence-corrected chi connectivity index (χ0v) is 12.4. The third kappa shape index (κ3) is 4.93. The number of ether oxygens (including phenoxy) is 1. The van der Waals surface area contributed by atoms with E-state index in [9.17, 15) is 0 Å². The molecule has 0 amide bonds. The first-order valence-electron chi connectivity index (χ1n) is 8.02. The van der Waals surface area contributed by atoms with Crippen LogP contribution in [0.15, 0.2) is 23.5 Å². The Balaban J connectivity index is 2.05. The van der Waals surface area contributed by atoms with Crippen LogP contribution in [-0.2, 0) is 4.74 Å². The lowest BCUT2D eigenvalue weighted by molar-refractivity contribution is 0.162. The van der Waals surface area contributed by atoms with Gasteiger partial charge in [0.05, 0.1) is 5.76 Å². The van der Waals surface area contributed by atoms with Crippen LogP contribution in [0.3, 0.4) is 0 Å². The third-order valence-electron chi connectivity index (χ3n) is 4.15. The molecule has 0 saturated heterocycles. The van der Waals surface area contributed by atoms with Crippen molar-refractivity contribution in [2.75, 3.05) is 26.2 Å². The summed E-state index contributed by atoms with van der Waals surface area (Å²) in [6.07, 6.45) is 12.5. The Bertz CT molecular complexity index is 339. The number of rotatable bonds is 4. The van der Waals surface area contributed by atoms with Gasteiger partial charge in [-0.25, -0.2) is 5.48 Å². The van der Waals surface area contributed by atoms with Crippen LogP contribution >= 0.6 is 0 Å². The highest BCUT2D eigenvalue weighted by Crippen LogP contribution is 2.32. The molecule has 0 spiro atoms. The van der Waals surface area contributed by atoms with Crippen LogP contribution in [0.5, 0.6) is 0 Å². The smallest absolute Gasteiger partial charge is 0.100 e. The van der Waals surface area contributed by atoms with Gasteiger partial charge in [0.15, 0.2) is 0 Å². The minimum absolute atomic E-state index is 0.577. The molecule has 0 aromatic carbocycles. The van der Waals surface area contributed by atoms with E-state index in [0.29, 0.717) is 12.5 Å². The number of hydrogen-bond donors (Lipinski definition) is 3. The lowest BCUT2D eigenvalue weighted by Gasteiger charge is -2.24. The first kappa shape index (κ1) is 15.5. The Morgan fingerprint density at radius 3 is 3.20 bits per heavy atom. The number of hydroxylamine groups is 1. The second-order valence-corrected chi connectivity index (χ2v) is 5.66. The molecule has 1 atom stereocenters. The molecule has 1 aliphatic heterocycles. The molecule has 0 aromatic rings. The molecular formula is C16H28N2O2. The van der Waals surface area contributed by atoms with E-state index in [1.54, 1.807) is 0 Å². The summed E-state index contributed by atoms with van der Waals surface area (Å²) in [7, 11) is 0. The SMILES string of the molecule is ONCCCC1CCCCNCCOC2=C1C=CCC2. The normalized spacial score (nSPS) is 24.8. The van der Waals surface area contributed by atoms with Crippen molar-refractivity contribution >= 4 is 0 Å². The highest BCUT2D eigenvalue weighted by atomic mass is 16.5. The van der Waals surface area contributed by atoms with E-state index in [-0.39, 0.29) is 0 Å². The van der Waals surface area contributed by atoms with Crippen LogP contribution in [0.25, 0.3) is 0 Å². The van der Waals surface area contributed by atoms with Crippen LogP contribution in [0.1, 0.15) is 44.9 Å². The lowest BCUT2D eigenvalue weighted by Crippen LogP contribution is -2.20. The van der Waals surface area contributed by atoms with E-state index in [0.717, 1.165) is 45.4 Å². The molecule has 0 fully saturated rings. The fourth-order valence-electron chi connectivity index (χ4n) is 3.08. The van der Waals surface area contributed by atoms with Crippen molar-refractivity contribution in [2.24, 2.45) is 5.92 Å². The topological polar surface area (TPSA) is 53.5 Å². The fourth-order valence-corrected chi connectivity index (χ4v) is 3.08. The van der Waals surface area contributed by atoms with E-state index >= 15 is 0 Å². The van der Waals surface area contributed by atoms with Gasteiger partial charge in [0, 0.05) is 19.5 Å². The molecule has 3 N–H and O–H groups in total. The minimum atomic E-state index is 0.577. The van der Waals surface area contributed by atoms with Gasteiger partial charge in [-0.05, 0) is 50.1 Å². The summed E-state index contributed by atoms with van der Waals surface area (Å²) in [6, 6.07) is 0. The molecule has 0 saturated carbocycles. The second kappa shape index (κ2) is 9.16. The van der Waals surface area contributed by atoms with Crippen LogP contribution < -0.4 is 10.8 Å². The molecule has 2 rings (SSSR count). The standard InChI is InChI=1S/C16H28N2O2/c19-18-11-5-7-14-6-3-4-10-17-12-13-20-16-9-2-1-8-15(14)16/h1,8,14,17-19H,2-7,9-13H2. The number of hydrogen-bond acceptors (Lipinski definition) is 4. The van der Waals surface area contributed by atoms with Gasteiger partial charge in [0.25, 0.3) is 0 Å². The minimum Gasteiger partial charge on any atom is -0.496 e. The van der Waals surface area contributed by atoms with Gasteiger partial charge in [0.2, 0.25) is 0 Å². The van der Waals surface area contributed by atoms with Crippen molar-refractivity contribution in [1.29, 1.82) is 0 Å². The second-order valence-electron chi connectivity index (χ2n) is 5.66. The van der Waals surface area contributed by atoms with Crippen molar-refractivity contribution in [3.63, 3.8) is 0 Å². The molecule has 0 bridgehead atoms. The summed E-state index contributed by atoms with van der Waals surface area (Å²) in [6.45, 7) is 3.48. The Labute approximate surface area is 122 Å². The highest BCUT2D eigenvalue weighted by molar-refractivity contribution is 5.29. The summed E-state index contributed by atoms with van der Waals surface area (Å²) in [5.74, 6) is 1.78. The molecule has 0 radical (unpaired) electrons. The van der Waals surface area contributed by atoms with Crippen LogP contribution in [0.4, 0.5) is 0 Å². The first-order chi connectivity index (χ1) is 9.92. The van der Waals surface area contributed by atoms with Gasteiger partial charge in [-0.1, -0.05) is 18.6 Å². The molecule has 20 heavy (non-hydrogen) atoms. The Hall–Kier alpha value is -0.840. The largest absolute Gasteiger partial charge is 0.496 e. The van der Waals surface area contributed by atoms with Crippen LogP contribution in [-0.4, -0.2) is 31.4 Å². The van der Waals surface area contributed by atoms with Crippen LogP contribution in [0.2, 0.25) is 0 Å². The lowest BCUT2D eigenvalue weighted by atomic mass is 9.85. The zero-order chi connectivity index (χ0) is 14.0. The highest BCUT2D eigenvalue weighted by Gasteiger charge is 2.19. The van der Waals surface area contributed by atoms with Crippen molar-refractivity contribution in [1.82, 2.24) is 10.8 Å². The molecule has 4 heteroatoms. The monoisotopic (exact) mass is 280 g/mol. The Kier molecular flexibility index (Phi) is 7.12. The molecule has 1 unspecified atom stereocenters. The molecular weight excluding hydrogens is 252 g/mol. The van der Waals surface area contributed by atoms with Gasteiger partial charge in [-0.3, -0.25) is 0 Å². The zero-order valence-electron chi connectivity index (χ0n) is 12.4. The van der Waals surface area contributed by atoms with Gasteiger partial charge in [0.1, 0.15) is 6.61 Å². The van der Waals surface area contributed by atoms with Gasteiger partial charge in [-0.2, -0.15) is 0 Å². The average molecular weight is 280 g/mol. The predicted octanol–water partition coefficient (Wildman–Crippen LogP) is 2.76.